The molecule has 0 rings (SSSR count). The minimum atomic E-state index is -4.27. The first-order chi connectivity index (χ1) is 31.2. The Labute approximate surface area is 447 Å². The van der Waals surface area contributed by atoms with Crippen LogP contribution >= 0.6 is 0 Å². The van der Waals surface area contributed by atoms with E-state index in [-0.39, 0.29) is 67.7 Å². The van der Waals surface area contributed by atoms with Gasteiger partial charge in [-0.1, -0.05) is 103 Å². The van der Waals surface area contributed by atoms with E-state index in [1.807, 2.05) is 34.6 Å². The molecule has 0 heterocycles. The average Bonchev–Trinajstić information content (AvgIpc) is 3.18. The van der Waals surface area contributed by atoms with Gasteiger partial charge in [-0.2, -0.15) is 26.3 Å². The Morgan fingerprint density at radius 1 is 0.548 bits per heavy atom. The maximum absolute atomic E-state index is 12.9. The van der Waals surface area contributed by atoms with Gasteiger partial charge in [-0.25, -0.2) is 9.59 Å². The third-order valence-corrected chi connectivity index (χ3v) is 26.1. The highest BCUT2D eigenvalue weighted by Crippen LogP contribution is 2.42. The minimum Gasteiger partial charge on any atom is -0.465 e. The quantitative estimate of drug-likeness (QED) is 0.0161. The number of alkyl halides is 6. The Kier molecular flexibility index (Phi) is 46.4. The maximum Gasteiger partial charge on any atom is 0.389 e. The summed E-state index contributed by atoms with van der Waals surface area (Å²) < 4.78 is 105. The molecule has 0 aliphatic rings. The first kappa shape index (κ1) is 84.7. The first-order valence-corrected chi connectivity index (χ1v) is 37.2. The largest absolute Gasteiger partial charge is 0.465 e. The highest BCUT2D eigenvalue weighted by Gasteiger charge is 2.43. The third kappa shape index (κ3) is 47.9. The number of halogens is 6. The normalized spacial score (nSPS) is 12.5. The summed E-state index contributed by atoms with van der Waals surface area (Å²) in [7, 11) is -6.68. The Hall–Kier alpha value is -2.27. The SMILES string of the molecule is C.C.C.C.C=C(C)C(=O)OCCC[Si](C)(C)O[Si](C)(C)CCCC.C=CC(=O)OCCCC(F)(F)F.CCCC[Si](C)(C)O[Si](C)(C)CCCOC(=O)C(C)(C)CC(C)(C)C(CC)C(=O)OCCCC(F)(F)F. The van der Waals surface area contributed by atoms with Crippen LogP contribution in [-0.2, 0) is 46.4 Å². The number of hydrogen-bond donors (Lipinski definition) is 0. The van der Waals surface area contributed by atoms with Crippen LogP contribution in [0.1, 0.15) is 162 Å². The number of carbonyl (C=O) groups is 4. The summed E-state index contributed by atoms with van der Waals surface area (Å²) in [5, 5.41) is 0. The second-order valence-electron chi connectivity index (χ2n) is 21.7. The molecule has 0 spiro atoms. The van der Waals surface area contributed by atoms with Crippen LogP contribution in [-0.4, -0.2) is 95.9 Å². The number of carbonyl (C=O) groups excluding carboxylic acids is 4. The lowest BCUT2D eigenvalue weighted by molar-refractivity contribution is -0.162. The number of hydrogen-bond acceptors (Lipinski definition) is 10. The zero-order valence-corrected chi connectivity index (χ0v) is 49.6. The molecule has 10 nitrogen and oxygen atoms in total. The Balaban J connectivity index is -0.000000203. The van der Waals surface area contributed by atoms with Gasteiger partial charge in [-0.3, -0.25) is 9.59 Å². The summed E-state index contributed by atoms with van der Waals surface area (Å²) in [6, 6.07) is 4.37. The fraction of sp³-hybridized carbons (Fsp3) is 0.849. The molecular formula is C53H110F6O10Si4. The number of ether oxygens (including phenoxy) is 4. The summed E-state index contributed by atoms with van der Waals surface area (Å²) in [6.07, 6.45) is -2.56. The molecule has 0 radical (unpaired) electrons. The van der Waals surface area contributed by atoms with E-state index in [9.17, 15) is 45.5 Å². The van der Waals surface area contributed by atoms with Crippen molar-refractivity contribution in [1.29, 1.82) is 0 Å². The van der Waals surface area contributed by atoms with E-state index in [4.69, 9.17) is 22.4 Å². The van der Waals surface area contributed by atoms with E-state index in [0.29, 0.717) is 31.6 Å². The fourth-order valence-corrected chi connectivity index (χ4v) is 26.0. The summed E-state index contributed by atoms with van der Waals surface area (Å²) >= 11 is 0. The Morgan fingerprint density at radius 3 is 1.22 bits per heavy atom. The van der Waals surface area contributed by atoms with Crippen LogP contribution < -0.4 is 0 Å². The molecule has 1 unspecified atom stereocenters. The molecule has 0 aromatic carbocycles. The second kappa shape index (κ2) is 40.0. The lowest BCUT2D eigenvalue weighted by atomic mass is 9.67. The van der Waals surface area contributed by atoms with E-state index >= 15 is 0 Å². The standard InChI is InChI=1S/C27H53F3O5Si2.C15H32O3Si2.C7H9F3O2.4CH4/c1-11-13-19-36(7,8)35-37(9,10)20-15-18-34-24(32)26(5,6)21-25(3,4)22(12-2)23(31)33-17-14-16-27(28,29)30;1-8-9-12-19(4,5)18-20(6,7)13-10-11-17-15(16)14(2)3;1-2-6(11)12-5-3-4-7(8,9)10;;;;/h22H,11-21H2,1-10H3;2,8-13H2,1,3-7H3;2H,1,3-5H2;4*1H4. The zero-order valence-electron chi connectivity index (χ0n) is 45.6. The van der Waals surface area contributed by atoms with Crippen LogP contribution in [0.15, 0.2) is 24.8 Å². The molecule has 20 heteroatoms. The van der Waals surface area contributed by atoms with Crippen molar-refractivity contribution in [3.63, 3.8) is 0 Å². The third-order valence-electron chi connectivity index (χ3n) is 11.0. The zero-order chi connectivity index (χ0) is 54.6. The summed E-state index contributed by atoms with van der Waals surface area (Å²) in [5.74, 6) is -2.35. The predicted molar refractivity (Wildman–Crippen MR) is 303 cm³/mol. The van der Waals surface area contributed by atoms with Gasteiger partial charge in [-0.15, -0.1) is 0 Å². The van der Waals surface area contributed by atoms with Gasteiger partial charge < -0.3 is 27.2 Å². The van der Waals surface area contributed by atoms with E-state index in [1.54, 1.807) is 6.92 Å². The molecule has 73 heavy (non-hydrogen) atoms. The van der Waals surface area contributed by atoms with Gasteiger partial charge in [0.1, 0.15) is 0 Å². The summed E-state index contributed by atoms with van der Waals surface area (Å²) in [5.41, 5.74) is -0.965. The molecule has 1 atom stereocenters. The van der Waals surface area contributed by atoms with Gasteiger partial charge in [0, 0.05) is 24.5 Å². The molecule has 0 aromatic heterocycles. The van der Waals surface area contributed by atoms with Crippen molar-refractivity contribution in [1.82, 2.24) is 0 Å². The Bertz CT molecular complexity index is 1520. The second-order valence-corrected chi connectivity index (χ2v) is 39.4. The van der Waals surface area contributed by atoms with Gasteiger partial charge in [-0.05, 0) is 141 Å². The van der Waals surface area contributed by atoms with Crippen molar-refractivity contribution in [2.45, 2.75) is 251 Å². The van der Waals surface area contributed by atoms with Gasteiger partial charge in [0.15, 0.2) is 33.3 Å². The van der Waals surface area contributed by atoms with Crippen LogP contribution in [0, 0.1) is 16.7 Å². The number of rotatable bonds is 32. The van der Waals surface area contributed by atoms with Crippen molar-refractivity contribution < 1.29 is 72.7 Å². The molecule has 0 aliphatic heterocycles. The van der Waals surface area contributed by atoms with E-state index < -0.39 is 87.2 Å². The van der Waals surface area contributed by atoms with Crippen LogP contribution in [0.5, 0.6) is 0 Å². The molecule has 0 fully saturated rings. The van der Waals surface area contributed by atoms with Crippen LogP contribution in [0.3, 0.4) is 0 Å². The average molecular weight is 1130 g/mol. The monoisotopic (exact) mass is 1130 g/mol. The van der Waals surface area contributed by atoms with Crippen molar-refractivity contribution in [2.75, 3.05) is 26.4 Å². The van der Waals surface area contributed by atoms with E-state index in [1.165, 1.54) is 37.8 Å². The molecule has 440 valence electrons. The van der Waals surface area contributed by atoms with E-state index in [2.05, 4.69) is 84.1 Å². The Morgan fingerprint density at radius 2 is 0.890 bits per heavy atom. The topological polar surface area (TPSA) is 124 Å². The van der Waals surface area contributed by atoms with E-state index in [0.717, 1.165) is 31.0 Å². The van der Waals surface area contributed by atoms with Gasteiger partial charge in [0.2, 0.25) is 0 Å². The molecule has 0 aromatic rings. The molecule has 0 saturated carbocycles. The first-order valence-electron chi connectivity index (χ1n) is 24.7. The number of unbranched alkanes of at least 4 members (excludes halogenated alkanes) is 2. The highest BCUT2D eigenvalue weighted by atomic mass is 28.4. The number of esters is 4. The predicted octanol–water partition coefficient (Wildman–Crippen LogP) is 17.8. The van der Waals surface area contributed by atoms with Crippen molar-refractivity contribution >= 4 is 57.1 Å². The molecule has 0 N–H and O–H groups in total. The fourth-order valence-electron chi connectivity index (χ4n) is 7.97. The maximum atomic E-state index is 12.9. The molecular weight excluding hydrogens is 1020 g/mol. The summed E-state index contributed by atoms with van der Waals surface area (Å²) in [4.78, 5) is 47.2. The van der Waals surface area contributed by atoms with Crippen LogP contribution in [0.25, 0.3) is 0 Å². The minimum absolute atomic E-state index is 0. The van der Waals surface area contributed by atoms with Crippen molar-refractivity contribution in [2.24, 2.45) is 16.7 Å². The molecule has 0 amide bonds. The van der Waals surface area contributed by atoms with Gasteiger partial charge in [0.25, 0.3) is 0 Å². The van der Waals surface area contributed by atoms with Crippen molar-refractivity contribution in [3.05, 3.63) is 24.8 Å². The summed E-state index contributed by atoms with van der Waals surface area (Å²) in [6.45, 7) is 40.5. The van der Waals surface area contributed by atoms with Gasteiger partial charge >= 0.3 is 36.2 Å². The van der Waals surface area contributed by atoms with Gasteiger partial charge in [0.05, 0.1) is 37.8 Å². The molecule has 0 aliphatic carbocycles. The molecule has 0 saturated heterocycles. The van der Waals surface area contributed by atoms with Crippen molar-refractivity contribution in [3.8, 4) is 0 Å². The highest BCUT2D eigenvalue weighted by molar-refractivity contribution is 6.85. The molecule has 0 bridgehead atoms. The van der Waals surface area contributed by atoms with Crippen LogP contribution in [0.4, 0.5) is 26.3 Å². The lowest BCUT2D eigenvalue weighted by Gasteiger charge is -2.38. The van der Waals surface area contributed by atoms with Crippen LogP contribution in [0.2, 0.25) is 76.6 Å². The smallest absolute Gasteiger partial charge is 0.389 e. The lowest BCUT2D eigenvalue weighted by Crippen LogP contribution is -2.44.